The van der Waals surface area contributed by atoms with Crippen LogP contribution in [0.3, 0.4) is 0 Å². The number of aromatic nitrogens is 2. The molecule has 0 aliphatic carbocycles. The smallest absolute Gasteiger partial charge is 0.333 e. The Morgan fingerprint density at radius 3 is 2.57 bits per heavy atom. The number of hydrogen-bond donors (Lipinski definition) is 2. The average molecular weight is 339 g/mol. The predicted molar refractivity (Wildman–Crippen MR) is 81.8 cm³/mol. The number of nitrogens with zero attached hydrogens (tertiary/aromatic N) is 2. The first-order valence-corrected chi connectivity index (χ1v) is 6.84. The molecule has 1 aromatic heterocycles. The maximum atomic E-state index is 13.7. The topological polar surface area (TPSA) is 93.1 Å². The monoisotopic (exact) mass is 338 g/mol. The minimum atomic E-state index is -1.01. The fourth-order valence-electron chi connectivity index (χ4n) is 1.70. The summed E-state index contributed by atoms with van der Waals surface area (Å²) in [5.41, 5.74) is -0.261. The van der Waals surface area contributed by atoms with E-state index in [-0.39, 0.29) is 6.54 Å². The van der Waals surface area contributed by atoms with Crippen LogP contribution in [0.2, 0.25) is 5.02 Å². The van der Waals surface area contributed by atoms with E-state index < -0.39 is 29.3 Å². The van der Waals surface area contributed by atoms with E-state index in [0.717, 1.165) is 12.5 Å². The zero-order chi connectivity index (χ0) is 17.0. The summed E-state index contributed by atoms with van der Waals surface area (Å²) in [4.78, 5) is 37.8. The van der Waals surface area contributed by atoms with Gasteiger partial charge in [-0.25, -0.2) is 18.5 Å². The molecule has 2 rings (SSSR count). The third-order valence-corrected chi connectivity index (χ3v) is 3.00. The Balaban J connectivity index is 2.13. The molecule has 0 saturated carbocycles. The fraction of sp³-hybridized carbons (Fsp3) is 0.143. The second-order valence-corrected chi connectivity index (χ2v) is 4.99. The zero-order valence-corrected chi connectivity index (χ0v) is 12.7. The summed E-state index contributed by atoms with van der Waals surface area (Å²) in [6, 6.07) is 5.86. The number of benzene rings is 1. The Morgan fingerprint density at radius 2 is 1.96 bits per heavy atom. The molecule has 1 aromatic carbocycles. The number of amides is 2. The van der Waals surface area contributed by atoms with Crippen molar-refractivity contribution in [1.82, 2.24) is 14.9 Å². The van der Waals surface area contributed by atoms with Crippen molar-refractivity contribution < 1.29 is 14.0 Å². The van der Waals surface area contributed by atoms with Gasteiger partial charge in [-0.15, -0.1) is 0 Å². The van der Waals surface area contributed by atoms with Gasteiger partial charge in [0.15, 0.2) is 11.6 Å². The quantitative estimate of drug-likeness (QED) is 0.891. The largest absolute Gasteiger partial charge is 0.358 e. The molecule has 120 valence electrons. The van der Waals surface area contributed by atoms with Crippen molar-refractivity contribution in [2.45, 2.75) is 13.5 Å². The van der Waals surface area contributed by atoms with Crippen molar-refractivity contribution in [2.24, 2.45) is 0 Å². The molecular formula is C14H12ClFN4O3. The number of halogens is 2. The molecule has 0 aliphatic heterocycles. The van der Waals surface area contributed by atoms with Crippen molar-refractivity contribution in [2.75, 3.05) is 5.32 Å². The number of rotatable bonds is 3. The number of nitrogens with one attached hydrogen (secondary N) is 2. The molecule has 0 saturated heterocycles. The second-order valence-electron chi connectivity index (χ2n) is 4.56. The lowest BCUT2D eigenvalue weighted by Gasteiger charge is -2.08. The van der Waals surface area contributed by atoms with Gasteiger partial charge in [-0.2, -0.15) is 4.98 Å². The summed E-state index contributed by atoms with van der Waals surface area (Å²) in [6.45, 7) is 1.27. The van der Waals surface area contributed by atoms with Crippen molar-refractivity contribution >= 4 is 29.4 Å². The molecule has 0 aliphatic rings. The van der Waals surface area contributed by atoms with E-state index in [1.54, 1.807) is 24.3 Å². The lowest BCUT2D eigenvalue weighted by Crippen LogP contribution is -2.37. The normalized spacial score (nSPS) is 10.2. The molecule has 0 atom stereocenters. The summed E-state index contributed by atoms with van der Waals surface area (Å²) in [5.74, 6) is -2.11. The first-order chi connectivity index (χ1) is 10.9. The first kappa shape index (κ1) is 16.6. The Hall–Kier alpha value is -2.74. The molecular weight excluding hydrogens is 327 g/mol. The number of hydrogen-bond acceptors (Lipinski definition) is 4. The van der Waals surface area contributed by atoms with Gasteiger partial charge in [-0.05, 0) is 17.7 Å². The Labute approximate surface area is 135 Å². The summed E-state index contributed by atoms with van der Waals surface area (Å²) < 4.78 is 14.2. The molecule has 0 unspecified atom stereocenters. The maximum absolute atomic E-state index is 13.7. The van der Waals surface area contributed by atoms with Crippen LogP contribution in [0.1, 0.15) is 12.5 Å². The number of carbonyl (C=O) groups excluding carboxylic acids is 2. The van der Waals surface area contributed by atoms with Crippen LogP contribution in [0.4, 0.5) is 15.0 Å². The Bertz CT molecular complexity index is 805. The lowest BCUT2D eigenvalue weighted by molar-refractivity contribution is -0.114. The van der Waals surface area contributed by atoms with E-state index in [4.69, 9.17) is 11.6 Å². The minimum Gasteiger partial charge on any atom is -0.333 e. The van der Waals surface area contributed by atoms with Crippen LogP contribution in [0, 0.1) is 5.82 Å². The molecule has 0 bridgehead atoms. The Morgan fingerprint density at radius 1 is 1.30 bits per heavy atom. The molecule has 2 N–H and O–H groups in total. The van der Waals surface area contributed by atoms with Gasteiger partial charge in [0.1, 0.15) is 0 Å². The molecule has 9 heteroatoms. The molecule has 1 heterocycles. The van der Waals surface area contributed by atoms with E-state index in [1.165, 1.54) is 0 Å². The average Bonchev–Trinajstić information content (AvgIpc) is 2.49. The van der Waals surface area contributed by atoms with E-state index in [9.17, 15) is 18.8 Å². The van der Waals surface area contributed by atoms with Gasteiger partial charge >= 0.3 is 11.7 Å². The van der Waals surface area contributed by atoms with Crippen molar-refractivity contribution in [3.8, 4) is 0 Å². The minimum absolute atomic E-state index is 0.123. The molecule has 0 radical (unpaired) electrons. The van der Waals surface area contributed by atoms with Gasteiger partial charge in [-0.3, -0.25) is 4.79 Å². The standard InChI is InChI=1S/C14H12ClFN4O3/c1-8(21)18-12-11(16)7-20(14(23)19-12)13(22)17-6-9-2-4-10(15)5-3-9/h2-5,7H,6H2,1H3,(H,17,22)(H,18,19,21,23). The maximum Gasteiger partial charge on any atom is 0.358 e. The predicted octanol–water partition coefficient (Wildman–Crippen LogP) is 1.75. The molecule has 2 aromatic rings. The van der Waals surface area contributed by atoms with Gasteiger partial charge in [0.05, 0.1) is 6.20 Å². The highest BCUT2D eigenvalue weighted by Crippen LogP contribution is 2.09. The highest BCUT2D eigenvalue weighted by molar-refractivity contribution is 6.30. The first-order valence-electron chi connectivity index (χ1n) is 6.46. The van der Waals surface area contributed by atoms with Crippen LogP contribution in [-0.4, -0.2) is 21.5 Å². The van der Waals surface area contributed by atoms with Crippen molar-refractivity contribution in [1.29, 1.82) is 0 Å². The second kappa shape index (κ2) is 7.01. The molecule has 0 spiro atoms. The Kier molecular flexibility index (Phi) is 5.07. The molecule has 2 amide bonds. The SMILES string of the molecule is CC(=O)Nc1nc(=O)n(C(=O)NCc2ccc(Cl)cc2)cc1F. The van der Waals surface area contributed by atoms with Gasteiger partial charge in [0.25, 0.3) is 0 Å². The number of carbonyl (C=O) groups is 2. The molecule has 0 fully saturated rings. The lowest BCUT2D eigenvalue weighted by atomic mass is 10.2. The third-order valence-electron chi connectivity index (χ3n) is 2.75. The third kappa shape index (κ3) is 4.36. The van der Waals surface area contributed by atoms with Crippen LogP contribution in [0.5, 0.6) is 0 Å². The van der Waals surface area contributed by atoms with Crippen LogP contribution >= 0.6 is 11.6 Å². The van der Waals surface area contributed by atoms with E-state index >= 15 is 0 Å². The van der Waals surface area contributed by atoms with Gasteiger partial charge in [-0.1, -0.05) is 23.7 Å². The van der Waals surface area contributed by atoms with Gasteiger partial charge < -0.3 is 10.6 Å². The van der Waals surface area contributed by atoms with Crippen molar-refractivity contribution in [3.63, 3.8) is 0 Å². The number of anilines is 1. The highest BCUT2D eigenvalue weighted by Gasteiger charge is 2.14. The molecule has 7 nitrogen and oxygen atoms in total. The van der Waals surface area contributed by atoms with Gasteiger partial charge in [0.2, 0.25) is 5.91 Å². The zero-order valence-electron chi connectivity index (χ0n) is 12.0. The summed E-state index contributed by atoms with van der Waals surface area (Å²) in [7, 11) is 0. The summed E-state index contributed by atoms with van der Waals surface area (Å²) >= 11 is 5.75. The van der Waals surface area contributed by atoms with Crippen molar-refractivity contribution in [3.05, 3.63) is 57.3 Å². The fourth-order valence-corrected chi connectivity index (χ4v) is 1.82. The van der Waals surface area contributed by atoms with Crippen LogP contribution in [0.25, 0.3) is 0 Å². The highest BCUT2D eigenvalue weighted by atomic mass is 35.5. The van der Waals surface area contributed by atoms with Crippen LogP contribution in [-0.2, 0) is 11.3 Å². The van der Waals surface area contributed by atoms with E-state index in [0.29, 0.717) is 15.8 Å². The van der Waals surface area contributed by atoms with E-state index in [2.05, 4.69) is 15.6 Å². The summed E-state index contributed by atoms with van der Waals surface area (Å²) in [5, 5.41) is 5.06. The van der Waals surface area contributed by atoms with E-state index in [1.807, 2.05) is 0 Å². The molecule has 23 heavy (non-hydrogen) atoms. The van der Waals surface area contributed by atoms with Crippen LogP contribution in [0.15, 0.2) is 35.3 Å². The summed E-state index contributed by atoms with van der Waals surface area (Å²) in [6.07, 6.45) is 0.664. The van der Waals surface area contributed by atoms with Crippen LogP contribution < -0.4 is 16.3 Å². The van der Waals surface area contributed by atoms with Gasteiger partial charge in [0, 0.05) is 18.5 Å².